The predicted molar refractivity (Wildman–Crippen MR) is 74.1 cm³/mol. The molecule has 7 nitrogen and oxygen atoms in total. The second-order valence-corrected chi connectivity index (χ2v) is 5.98. The van der Waals surface area contributed by atoms with Crippen LogP contribution in [-0.2, 0) is 4.79 Å². The summed E-state index contributed by atoms with van der Waals surface area (Å²) in [4.78, 5) is 37.0. The van der Waals surface area contributed by atoms with E-state index in [-0.39, 0.29) is 26.7 Å². The summed E-state index contributed by atoms with van der Waals surface area (Å²) >= 11 is 6.64. The Hall–Kier alpha value is -1.67. The first-order chi connectivity index (χ1) is 9.40. The van der Waals surface area contributed by atoms with Crippen molar-refractivity contribution in [2.24, 2.45) is 0 Å². The number of amides is 2. The minimum absolute atomic E-state index is 0.000668. The van der Waals surface area contributed by atoms with E-state index in [0.29, 0.717) is 26.2 Å². The molecule has 9 heteroatoms. The summed E-state index contributed by atoms with van der Waals surface area (Å²) in [5.74, 6) is -0.305. The summed E-state index contributed by atoms with van der Waals surface area (Å²) in [6, 6.07) is 1.20. The lowest BCUT2D eigenvalue weighted by Crippen LogP contribution is -2.49. The number of carbonyl (C=O) groups is 2. The molecule has 20 heavy (non-hydrogen) atoms. The monoisotopic (exact) mass is 317 g/mol. The molecule has 2 amide bonds. The van der Waals surface area contributed by atoms with Gasteiger partial charge in [0, 0.05) is 39.2 Å². The highest BCUT2D eigenvalue weighted by molar-refractivity contribution is 7.18. The maximum atomic E-state index is 12.2. The number of halogens is 1. The van der Waals surface area contributed by atoms with Gasteiger partial charge in [-0.2, -0.15) is 0 Å². The lowest BCUT2D eigenvalue weighted by molar-refractivity contribution is -0.384. The highest BCUT2D eigenvalue weighted by Gasteiger charge is 2.27. The van der Waals surface area contributed by atoms with Crippen LogP contribution in [0.15, 0.2) is 6.07 Å². The van der Waals surface area contributed by atoms with Crippen LogP contribution in [0.3, 0.4) is 0 Å². The van der Waals surface area contributed by atoms with E-state index >= 15 is 0 Å². The molecule has 2 heterocycles. The number of hydrogen-bond acceptors (Lipinski definition) is 5. The lowest BCUT2D eigenvalue weighted by atomic mass is 10.3. The Morgan fingerprint density at radius 2 is 1.85 bits per heavy atom. The second-order valence-electron chi connectivity index (χ2n) is 4.32. The average molecular weight is 318 g/mol. The van der Waals surface area contributed by atoms with E-state index in [4.69, 9.17) is 11.6 Å². The molecule has 0 saturated carbocycles. The van der Waals surface area contributed by atoms with E-state index in [0.717, 1.165) is 11.3 Å². The van der Waals surface area contributed by atoms with Crippen molar-refractivity contribution >= 4 is 40.4 Å². The fraction of sp³-hybridized carbons (Fsp3) is 0.455. The second kappa shape index (κ2) is 5.76. The summed E-state index contributed by atoms with van der Waals surface area (Å²) in [6.45, 7) is 3.27. The van der Waals surface area contributed by atoms with Crippen LogP contribution in [0.2, 0.25) is 4.34 Å². The van der Waals surface area contributed by atoms with Crippen LogP contribution in [0.1, 0.15) is 16.6 Å². The van der Waals surface area contributed by atoms with Crippen molar-refractivity contribution in [3.8, 4) is 0 Å². The Morgan fingerprint density at radius 3 is 2.30 bits per heavy atom. The topological polar surface area (TPSA) is 83.8 Å². The largest absolute Gasteiger partial charge is 0.339 e. The number of hydrogen-bond donors (Lipinski definition) is 0. The van der Waals surface area contributed by atoms with Crippen molar-refractivity contribution in [1.29, 1.82) is 0 Å². The maximum absolute atomic E-state index is 12.2. The Labute approximate surface area is 123 Å². The molecule has 0 aliphatic carbocycles. The van der Waals surface area contributed by atoms with Gasteiger partial charge in [0.15, 0.2) is 4.34 Å². The Kier molecular flexibility index (Phi) is 4.24. The van der Waals surface area contributed by atoms with Gasteiger partial charge in [0.25, 0.3) is 11.6 Å². The molecule has 0 radical (unpaired) electrons. The molecular weight excluding hydrogens is 306 g/mol. The highest BCUT2D eigenvalue weighted by Crippen LogP contribution is 2.34. The zero-order chi connectivity index (χ0) is 14.9. The van der Waals surface area contributed by atoms with Gasteiger partial charge in [-0.3, -0.25) is 19.7 Å². The molecule has 0 bridgehead atoms. The number of nitro groups is 1. The van der Waals surface area contributed by atoms with E-state index in [9.17, 15) is 19.7 Å². The van der Waals surface area contributed by atoms with Gasteiger partial charge in [0.05, 0.1) is 4.92 Å². The Balaban J connectivity index is 2.07. The molecule has 1 aromatic heterocycles. The lowest BCUT2D eigenvalue weighted by Gasteiger charge is -2.33. The van der Waals surface area contributed by atoms with Gasteiger partial charge in [0.2, 0.25) is 5.91 Å². The van der Waals surface area contributed by atoms with E-state index in [1.807, 2.05) is 0 Å². The SMILES string of the molecule is CC(=O)N1CCN(C(=O)c2cc([N+](=O)[O-])c(Cl)s2)CC1. The molecule has 0 atom stereocenters. The van der Waals surface area contributed by atoms with Crippen LogP contribution in [0, 0.1) is 10.1 Å². The molecule has 1 fully saturated rings. The molecule has 0 aromatic carbocycles. The molecule has 108 valence electrons. The van der Waals surface area contributed by atoms with Gasteiger partial charge >= 0.3 is 0 Å². The molecule has 0 unspecified atom stereocenters. The standard InChI is InChI=1S/C11H12ClN3O4S/c1-7(16)13-2-4-14(5-3-13)11(17)9-6-8(15(18)19)10(12)20-9/h6H,2-5H2,1H3. The summed E-state index contributed by atoms with van der Waals surface area (Å²) in [6.07, 6.45) is 0. The van der Waals surface area contributed by atoms with E-state index in [2.05, 4.69) is 0 Å². The number of carbonyl (C=O) groups excluding carboxylic acids is 2. The zero-order valence-electron chi connectivity index (χ0n) is 10.7. The molecule has 1 aromatic rings. The van der Waals surface area contributed by atoms with Crippen molar-refractivity contribution < 1.29 is 14.5 Å². The third-order valence-electron chi connectivity index (χ3n) is 3.09. The van der Waals surface area contributed by atoms with Gasteiger partial charge in [-0.25, -0.2) is 0 Å². The molecule has 1 saturated heterocycles. The van der Waals surface area contributed by atoms with Gasteiger partial charge < -0.3 is 9.80 Å². The number of nitrogens with zero attached hydrogens (tertiary/aromatic N) is 3. The summed E-state index contributed by atoms with van der Waals surface area (Å²) in [7, 11) is 0. The number of piperazine rings is 1. The normalized spacial score (nSPS) is 15.3. The van der Waals surface area contributed by atoms with Crippen LogP contribution in [0.4, 0.5) is 5.69 Å². The van der Waals surface area contributed by atoms with Gasteiger partial charge in [-0.05, 0) is 0 Å². The van der Waals surface area contributed by atoms with Crippen molar-refractivity contribution in [3.63, 3.8) is 0 Å². The average Bonchev–Trinajstić information content (AvgIpc) is 2.80. The third kappa shape index (κ3) is 2.91. The fourth-order valence-corrected chi connectivity index (χ4v) is 3.16. The fourth-order valence-electron chi connectivity index (χ4n) is 1.97. The predicted octanol–water partition coefficient (Wildman–Crippen LogP) is 1.61. The van der Waals surface area contributed by atoms with E-state index in [1.54, 1.807) is 9.80 Å². The first kappa shape index (κ1) is 14.7. The molecular formula is C11H12ClN3O4S. The van der Waals surface area contributed by atoms with Gasteiger partial charge in [-0.15, -0.1) is 11.3 Å². The molecule has 0 N–H and O–H groups in total. The van der Waals surface area contributed by atoms with Crippen molar-refractivity contribution in [3.05, 3.63) is 25.4 Å². The minimum Gasteiger partial charge on any atom is -0.339 e. The molecule has 1 aliphatic rings. The van der Waals surface area contributed by atoms with Crippen LogP contribution >= 0.6 is 22.9 Å². The van der Waals surface area contributed by atoms with Gasteiger partial charge in [0.1, 0.15) is 4.88 Å². The van der Waals surface area contributed by atoms with Crippen molar-refractivity contribution in [2.45, 2.75) is 6.92 Å². The Bertz CT molecular complexity index is 566. The molecule has 0 spiro atoms. The summed E-state index contributed by atoms with van der Waals surface area (Å²) in [5, 5.41) is 10.7. The summed E-state index contributed by atoms with van der Waals surface area (Å²) < 4.78 is 0.000668. The maximum Gasteiger partial charge on any atom is 0.299 e. The Morgan fingerprint density at radius 1 is 1.30 bits per heavy atom. The number of thiophene rings is 1. The van der Waals surface area contributed by atoms with Crippen LogP contribution in [0.5, 0.6) is 0 Å². The van der Waals surface area contributed by atoms with Crippen LogP contribution in [0.25, 0.3) is 0 Å². The van der Waals surface area contributed by atoms with Crippen molar-refractivity contribution in [2.75, 3.05) is 26.2 Å². The molecule has 1 aliphatic heterocycles. The quantitative estimate of drug-likeness (QED) is 0.613. The number of rotatable bonds is 2. The van der Waals surface area contributed by atoms with Crippen LogP contribution < -0.4 is 0 Å². The first-order valence-corrected chi connectivity index (χ1v) is 7.08. The van der Waals surface area contributed by atoms with E-state index in [1.165, 1.54) is 13.0 Å². The first-order valence-electron chi connectivity index (χ1n) is 5.88. The van der Waals surface area contributed by atoms with Gasteiger partial charge in [-0.1, -0.05) is 11.6 Å². The van der Waals surface area contributed by atoms with Crippen LogP contribution in [-0.4, -0.2) is 52.7 Å². The third-order valence-corrected chi connectivity index (χ3v) is 4.41. The minimum atomic E-state index is -0.608. The van der Waals surface area contributed by atoms with E-state index < -0.39 is 4.92 Å². The highest BCUT2D eigenvalue weighted by atomic mass is 35.5. The zero-order valence-corrected chi connectivity index (χ0v) is 12.2. The smallest absolute Gasteiger partial charge is 0.299 e. The molecule has 2 rings (SSSR count). The van der Waals surface area contributed by atoms with Crippen molar-refractivity contribution in [1.82, 2.24) is 9.80 Å². The summed E-state index contributed by atoms with van der Waals surface area (Å²) in [5.41, 5.74) is -0.248.